The molecule has 0 spiro atoms. The Morgan fingerprint density at radius 2 is 2.06 bits per heavy atom. The van der Waals surface area contributed by atoms with Crippen molar-refractivity contribution in [2.75, 3.05) is 13.2 Å². The van der Waals surface area contributed by atoms with Gasteiger partial charge in [-0.05, 0) is 51.8 Å². The molecule has 0 bridgehead atoms. The summed E-state index contributed by atoms with van der Waals surface area (Å²) >= 11 is 0. The summed E-state index contributed by atoms with van der Waals surface area (Å²) in [6.07, 6.45) is 2.26. The number of hydrogen-bond acceptors (Lipinski definition) is 2. The van der Waals surface area contributed by atoms with E-state index in [2.05, 4.69) is 51.2 Å². The van der Waals surface area contributed by atoms with Crippen molar-refractivity contribution in [3.05, 3.63) is 29.3 Å². The minimum absolute atomic E-state index is 0.586. The standard InChI is InChI=1S/C15H25NO/c1-5-16-14(4)7-6-10-17-15-9-8-12(2)11-13(15)3/h8-9,11,14,16H,5-7,10H2,1-4H3. The van der Waals surface area contributed by atoms with Gasteiger partial charge in [0, 0.05) is 6.04 Å². The molecule has 2 nitrogen and oxygen atoms in total. The second-order valence-corrected chi connectivity index (χ2v) is 4.72. The maximum atomic E-state index is 5.79. The summed E-state index contributed by atoms with van der Waals surface area (Å²) in [6.45, 7) is 10.4. The largest absolute Gasteiger partial charge is 0.493 e. The van der Waals surface area contributed by atoms with Crippen LogP contribution in [0.15, 0.2) is 18.2 Å². The van der Waals surface area contributed by atoms with Crippen LogP contribution in [0.5, 0.6) is 5.75 Å². The molecule has 1 rings (SSSR count). The minimum Gasteiger partial charge on any atom is -0.493 e. The minimum atomic E-state index is 0.586. The maximum Gasteiger partial charge on any atom is 0.122 e. The molecule has 2 heteroatoms. The summed E-state index contributed by atoms with van der Waals surface area (Å²) in [6, 6.07) is 6.92. The van der Waals surface area contributed by atoms with Crippen molar-refractivity contribution < 1.29 is 4.74 Å². The van der Waals surface area contributed by atoms with Crippen LogP contribution in [0, 0.1) is 13.8 Å². The van der Waals surface area contributed by atoms with Crippen LogP contribution in [0.2, 0.25) is 0 Å². The van der Waals surface area contributed by atoms with E-state index in [1.54, 1.807) is 0 Å². The van der Waals surface area contributed by atoms with Gasteiger partial charge in [-0.25, -0.2) is 0 Å². The molecular weight excluding hydrogens is 210 g/mol. The lowest BCUT2D eigenvalue weighted by molar-refractivity contribution is 0.296. The fourth-order valence-corrected chi connectivity index (χ4v) is 1.98. The predicted octanol–water partition coefficient (Wildman–Crippen LogP) is 3.46. The van der Waals surface area contributed by atoms with E-state index in [9.17, 15) is 0 Å². The molecular formula is C15H25NO. The van der Waals surface area contributed by atoms with E-state index in [0.717, 1.165) is 25.3 Å². The van der Waals surface area contributed by atoms with Crippen LogP contribution in [0.1, 0.15) is 37.8 Å². The van der Waals surface area contributed by atoms with Gasteiger partial charge in [-0.15, -0.1) is 0 Å². The van der Waals surface area contributed by atoms with E-state index in [1.807, 2.05) is 0 Å². The van der Waals surface area contributed by atoms with Crippen LogP contribution in [-0.2, 0) is 0 Å². The number of aryl methyl sites for hydroxylation is 2. The molecule has 1 aromatic carbocycles. The molecule has 0 aliphatic carbocycles. The predicted molar refractivity (Wildman–Crippen MR) is 73.8 cm³/mol. The summed E-state index contributed by atoms with van der Waals surface area (Å²) in [5.74, 6) is 1.02. The van der Waals surface area contributed by atoms with Gasteiger partial charge >= 0.3 is 0 Å². The van der Waals surface area contributed by atoms with Gasteiger partial charge in [0.2, 0.25) is 0 Å². The lowest BCUT2D eigenvalue weighted by Gasteiger charge is -2.13. The number of nitrogens with one attached hydrogen (secondary N) is 1. The molecule has 1 unspecified atom stereocenters. The summed E-state index contributed by atoms with van der Waals surface area (Å²) in [7, 11) is 0. The van der Waals surface area contributed by atoms with Gasteiger partial charge in [0.05, 0.1) is 6.61 Å². The van der Waals surface area contributed by atoms with Crippen molar-refractivity contribution in [1.29, 1.82) is 0 Å². The van der Waals surface area contributed by atoms with Gasteiger partial charge < -0.3 is 10.1 Å². The van der Waals surface area contributed by atoms with E-state index < -0.39 is 0 Å². The van der Waals surface area contributed by atoms with Crippen molar-refractivity contribution in [3.63, 3.8) is 0 Å². The Labute approximate surface area is 105 Å². The zero-order valence-corrected chi connectivity index (χ0v) is 11.5. The third kappa shape index (κ3) is 5.22. The lowest BCUT2D eigenvalue weighted by Crippen LogP contribution is -2.25. The molecule has 1 aromatic rings. The number of benzene rings is 1. The molecule has 0 fully saturated rings. The van der Waals surface area contributed by atoms with Crippen molar-refractivity contribution in [3.8, 4) is 5.75 Å². The second kappa shape index (κ2) is 7.33. The fourth-order valence-electron chi connectivity index (χ4n) is 1.98. The summed E-state index contributed by atoms with van der Waals surface area (Å²) in [5.41, 5.74) is 2.51. The van der Waals surface area contributed by atoms with Crippen LogP contribution in [0.4, 0.5) is 0 Å². The molecule has 1 atom stereocenters. The molecule has 0 radical (unpaired) electrons. The maximum absolute atomic E-state index is 5.79. The van der Waals surface area contributed by atoms with E-state index in [0.29, 0.717) is 6.04 Å². The Hall–Kier alpha value is -1.02. The SMILES string of the molecule is CCNC(C)CCCOc1ccc(C)cc1C. The first-order valence-corrected chi connectivity index (χ1v) is 6.57. The molecule has 0 aliphatic heterocycles. The van der Waals surface area contributed by atoms with Crippen LogP contribution >= 0.6 is 0 Å². The molecule has 0 saturated heterocycles. The van der Waals surface area contributed by atoms with Crippen LogP contribution in [-0.4, -0.2) is 19.2 Å². The number of hydrogen-bond donors (Lipinski definition) is 1. The van der Waals surface area contributed by atoms with Crippen molar-refractivity contribution in [2.24, 2.45) is 0 Å². The van der Waals surface area contributed by atoms with Gasteiger partial charge in [0.1, 0.15) is 5.75 Å². The summed E-state index contributed by atoms with van der Waals surface area (Å²) in [5, 5.41) is 3.41. The number of ether oxygens (including phenoxy) is 1. The Morgan fingerprint density at radius 1 is 1.29 bits per heavy atom. The first-order chi connectivity index (χ1) is 8.13. The molecule has 0 saturated carbocycles. The quantitative estimate of drug-likeness (QED) is 0.731. The van der Waals surface area contributed by atoms with Gasteiger partial charge in [0.25, 0.3) is 0 Å². The highest BCUT2D eigenvalue weighted by atomic mass is 16.5. The molecule has 1 N–H and O–H groups in total. The zero-order chi connectivity index (χ0) is 12.7. The van der Waals surface area contributed by atoms with Crippen molar-refractivity contribution >= 4 is 0 Å². The molecule has 0 aliphatic rings. The normalized spacial score (nSPS) is 12.5. The first kappa shape index (κ1) is 14.0. The average molecular weight is 235 g/mol. The molecule has 0 aromatic heterocycles. The van der Waals surface area contributed by atoms with Gasteiger partial charge in [-0.2, -0.15) is 0 Å². The lowest BCUT2D eigenvalue weighted by atomic mass is 10.1. The Kier molecular flexibility index (Phi) is 6.06. The third-order valence-electron chi connectivity index (χ3n) is 2.92. The smallest absolute Gasteiger partial charge is 0.122 e. The third-order valence-corrected chi connectivity index (χ3v) is 2.92. The highest BCUT2D eigenvalue weighted by Crippen LogP contribution is 2.18. The van der Waals surface area contributed by atoms with Crippen molar-refractivity contribution in [2.45, 2.75) is 46.6 Å². The zero-order valence-electron chi connectivity index (χ0n) is 11.5. The Morgan fingerprint density at radius 3 is 2.71 bits per heavy atom. The first-order valence-electron chi connectivity index (χ1n) is 6.57. The van der Waals surface area contributed by atoms with Gasteiger partial charge in [0.15, 0.2) is 0 Å². The fraction of sp³-hybridized carbons (Fsp3) is 0.600. The van der Waals surface area contributed by atoms with Crippen LogP contribution < -0.4 is 10.1 Å². The second-order valence-electron chi connectivity index (χ2n) is 4.72. The van der Waals surface area contributed by atoms with Gasteiger partial charge in [-0.3, -0.25) is 0 Å². The Bertz CT molecular complexity index is 336. The topological polar surface area (TPSA) is 21.3 Å². The van der Waals surface area contributed by atoms with E-state index in [-0.39, 0.29) is 0 Å². The summed E-state index contributed by atoms with van der Waals surface area (Å²) < 4.78 is 5.79. The van der Waals surface area contributed by atoms with Gasteiger partial charge in [-0.1, -0.05) is 24.6 Å². The van der Waals surface area contributed by atoms with Crippen LogP contribution in [0.3, 0.4) is 0 Å². The molecule has 0 heterocycles. The number of rotatable bonds is 7. The highest BCUT2D eigenvalue weighted by molar-refractivity contribution is 5.35. The average Bonchev–Trinajstić information content (AvgIpc) is 2.27. The van der Waals surface area contributed by atoms with E-state index in [1.165, 1.54) is 17.5 Å². The van der Waals surface area contributed by atoms with Crippen LogP contribution in [0.25, 0.3) is 0 Å². The van der Waals surface area contributed by atoms with E-state index in [4.69, 9.17) is 4.74 Å². The molecule has 96 valence electrons. The monoisotopic (exact) mass is 235 g/mol. The Balaban J connectivity index is 2.26. The summed E-state index contributed by atoms with van der Waals surface area (Å²) in [4.78, 5) is 0. The molecule has 17 heavy (non-hydrogen) atoms. The molecule has 0 amide bonds. The van der Waals surface area contributed by atoms with E-state index >= 15 is 0 Å². The van der Waals surface area contributed by atoms with Crippen molar-refractivity contribution in [1.82, 2.24) is 5.32 Å². The highest BCUT2D eigenvalue weighted by Gasteiger charge is 2.01.